The van der Waals surface area contributed by atoms with Gasteiger partial charge in [0.1, 0.15) is 5.52 Å². The number of aromatic nitrogens is 1. The van der Waals surface area contributed by atoms with Gasteiger partial charge >= 0.3 is 0 Å². The van der Waals surface area contributed by atoms with E-state index < -0.39 is 0 Å². The van der Waals surface area contributed by atoms with Crippen LogP contribution in [0.15, 0.2) is 22.6 Å². The molecule has 4 heteroatoms. The number of fused-ring (bicyclic) bond motifs is 1. The van der Waals surface area contributed by atoms with Crippen molar-refractivity contribution in [2.45, 2.75) is 13.3 Å². The zero-order valence-electron chi connectivity index (χ0n) is 9.60. The standard InChI is InChI=1S/C12H16N2OS/c1-9-13-11-5-4-10(8-12(11)15-9)14(2)6-3-7-16/h4-5,8,16H,3,6-7H2,1-2H3. The molecule has 0 atom stereocenters. The largest absolute Gasteiger partial charge is 0.441 e. The second kappa shape index (κ2) is 4.78. The number of hydrogen-bond donors (Lipinski definition) is 1. The van der Waals surface area contributed by atoms with Gasteiger partial charge in [-0.2, -0.15) is 12.6 Å². The van der Waals surface area contributed by atoms with E-state index in [0.717, 1.165) is 35.5 Å². The minimum absolute atomic E-state index is 0.713. The Labute approximate surface area is 101 Å². The molecular weight excluding hydrogens is 220 g/mol. The summed E-state index contributed by atoms with van der Waals surface area (Å²) in [5, 5.41) is 0. The third-order valence-electron chi connectivity index (χ3n) is 2.57. The van der Waals surface area contributed by atoms with Crippen molar-refractivity contribution in [3.63, 3.8) is 0 Å². The first-order chi connectivity index (χ1) is 7.70. The Balaban J connectivity index is 2.24. The lowest BCUT2D eigenvalue weighted by Gasteiger charge is -2.18. The number of rotatable bonds is 4. The fraction of sp³-hybridized carbons (Fsp3) is 0.417. The van der Waals surface area contributed by atoms with Gasteiger partial charge in [0.2, 0.25) is 0 Å². The first kappa shape index (κ1) is 11.3. The Hall–Kier alpha value is -1.16. The highest BCUT2D eigenvalue weighted by molar-refractivity contribution is 7.80. The van der Waals surface area contributed by atoms with E-state index in [9.17, 15) is 0 Å². The van der Waals surface area contributed by atoms with Crippen LogP contribution in [0, 0.1) is 6.92 Å². The Kier molecular flexibility index (Phi) is 3.39. The van der Waals surface area contributed by atoms with Crippen molar-refractivity contribution in [2.24, 2.45) is 0 Å². The maximum atomic E-state index is 5.51. The average molecular weight is 236 g/mol. The average Bonchev–Trinajstić information content (AvgIpc) is 2.64. The number of benzene rings is 1. The van der Waals surface area contributed by atoms with Crippen molar-refractivity contribution >= 4 is 29.4 Å². The smallest absolute Gasteiger partial charge is 0.192 e. The molecule has 2 aromatic rings. The predicted octanol–water partition coefficient (Wildman–Crippen LogP) is 2.89. The van der Waals surface area contributed by atoms with Crippen LogP contribution in [0.5, 0.6) is 0 Å². The monoisotopic (exact) mass is 236 g/mol. The first-order valence-electron chi connectivity index (χ1n) is 5.40. The molecule has 0 aliphatic heterocycles. The van der Waals surface area contributed by atoms with Gasteiger partial charge in [-0.25, -0.2) is 4.98 Å². The molecule has 0 aliphatic rings. The summed E-state index contributed by atoms with van der Waals surface area (Å²) in [6, 6.07) is 6.11. The number of oxazole rings is 1. The minimum Gasteiger partial charge on any atom is -0.441 e. The highest BCUT2D eigenvalue weighted by Gasteiger charge is 2.05. The zero-order chi connectivity index (χ0) is 11.5. The van der Waals surface area contributed by atoms with Crippen LogP contribution in [0.3, 0.4) is 0 Å². The topological polar surface area (TPSA) is 29.3 Å². The third-order valence-corrected chi connectivity index (χ3v) is 2.89. The Morgan fingerprint density at radius 3 is 3.00 bits per heavy atom. The predicted molar refractivity (Wildman–Crippen MR) is 70.5 cm³/mol. The van der Waals surface area contributed by atoms with Gasteiger partial charge < -0.3 is 9.32 Å². The normalized spacial score (nSPS) is 10.9. The molecule has 1 aromatic heterocycles. The van der Waals surface area contributed by atoms with Gasteiger partial charge in [0.05, 0.1) is 0 Å². The van der Waals surface area contributed by atoms with Gasteiger partial charge in [0.15, 0.2) is 11.5 Å². The van der Waals surface area contributed by atoms with Crippen molar-refractivity contribution in [3.05, 3.63) is 24.1 Å². The minimum atomic E-state index is 0.713. The molecule has 0 unspecified atom stereocenters. The molecule has 0 fully saturated rings. The van der Waals surface area contributed by atoms with Gasteiger partial charge in [-0.3, -0.25) is 0 Å². The molecule has 2 rings (SSSR count). The lowest BCUT2D eigenvalue weighted by Crippen LogP contribution is -2.18. The van der Waals surface area contributed by atoms with Crippen LogP contribution in [0.4, 0.5) is 5.69 Å². The van der Waals surface area contributed by atoms with Crippen LogP contribution < -0.4 is 4.90 Å². The number of thiol groups is 1. The van der Waals surface area contributed by atoms with Crippen LogP contribution in [0.2, 0.25) is 0 Å². The van der Waals surface area contributed by atoms with E-state index in [1.165, 1.54) is 0 Å². The zero-order valence-corrected chi connectivity index (χ0v) is 10.5. The molecular formula is C12H16N2OS. The molecule has 3 nitrogen and oxygen atoms in total. The number of anilines is 1. The summed E-state index contributed by atoms with van der Waals surface area (Å²) in [6.45, 7) is 2.87. The summed E-state index contributed by atoms with van der Waals surface area (Å²) in [5.41, 5.74) is 2.93. The molecule has 0 amide bonds. The maximum absolute atomic E-state index is 5.51. The lowest BCUT2D eigenvalue weighted by atomic mass is 10.2. The summed E-state index contributed by atoms with van der Waals surface area (Å²) in [5.74, 6) is 1.62. The van der Waals surface area contributed by atoms with Crippen LogP contribution >= 0.6 is 12.6 Å². The lowest BCUT2D eigenvalue weighted by molar-refractivity contribution is 0.561. The first-order valence-corrected chi connectivity index (χ1v) is 6.03. The van der Waals surface area contributed by atoms with E-state index in [-0.39, 0.29) is 0 Å². The molecule has 16 heavy (non-hydrogen) atoms. The van der Waals surface area contributed by atoms with Gasteiger partial charge in [0, 0.05) is 32.3 Å². The Bertz CT molecular complexity index is 481. The summed E-state index contributed by atoms with van der Waals surface area (Å²) >= 11 is 4.21. The van der Waals surface area contributed by atoms with Crippen molar-refractivity contribution in [1.82, 2.24) is 4.98 Å². The SMILES string of the molecule is Cc1nc2ccc(N(C)CCCS)cc2o1. The molecule has 1 aromatic carbocycles. The summed E-state index contributed by atoms with van der Waals surface area (Å²) in [4.78, 5) is 6.48. The van der Waals surface area contributed by atoms with Gasteiger partial charge in [-0.05, 0) is 24.3 Å². The number of aryl methyl sites for hydroxylation is 1. The molecule has 0 N–H and O–H groups in total. The Morgan fingerprint density at radius 1 is 1.44 bits per heavy atom. The second-order valence-corrected chi connectivity index (χ2v) is 4.33. The molecule has 86 valence electrons. The van der Waals surface area contributed by atoms with Crippen molar-refractivity contribution < 1.29 is 4.42 Å². The fourth-order valence-corrected chi connectivity index (χ4v) is 1.84. The van der Waals surface area contributed by atoms with E-state index in [2.05, 4.69) is 35.6 Å². The van der Waals surface area contributed by atoms with E-state index in [0.29, 0.717) is 5.89 Å². The molecule has 0 saturated carbocycles. The van der Waals surface area contributed by atoms with E-state index in [1.54, 1.807) is 0 Å². The summed E-state index contributed by atoms with van der Waals surface area (Å²) in [7, 11) is 2.08. The summed E-state index contributed by atoms with van der Waals surface area (Å²) in [6.07, 6.45) is 1.08. The number of nitrogens with zero attached hydrogens (tertiary/aromatic N) is 2. The fourth-order valence-electron chi connectivity index (χ4n) is 1.70. The van der Waals surface area contributed by atoms with Gasteiger partial charge in [0.25, 0.3) is 0 Å². The second-order valence-electron chi connectivity index (χ2n) is 3.88. The molecule has 0 aliphatic carbocycles. The third kappa shape index (κ3) is 2.32. The van der Waals surface area contributed by atoms with Crippen LogP contribution in [0.25, 0.3) is 11.1 Å². The van der Waals surface area contributed by atoms with Gasteiger partial charge in [-0.1, -0.05) is 0 Å². The highest BCUT2D eigenvalue weighted by Crippen LogP contribution is 2.22. The van der Waals surface area contributed by atoms with Gasteiger partial charge in [-0.15, -0.1) is 0 Å². The molecule has 0 saturated heterocycles. The molecule has 0 bridgehead atoms. The quantitative estimate of drug-likeness (QED) is 0.828. The van der Waals surface area contributed by atoms with Crippen molar-refractivity contribution in [3.8, 4) is 0 Å². The maximum Gasteiger partial charge on any atom is 0.192 e. The summed E-state index contributed by atoms with van der Waals surface area (Å²) < 4.78 is 5.51. The molecule has 1 heterocycles. The van der Waals surface area contributed by atoms with E-state index in [1.807, 2.05) is 19.1 Å². The van der Waals surface area contributed by atoms with Crippen molar-refractivity contribution in [2.75, 3.05) is 24.2 Å². The highest BCUT2D eigenvalue weighted by atomic mass is 32.1. The Morgan fingerprint density at radius 2 is 2.25 bits per heavy atom. The van der Waals surface area contributed by atoms with E-state index in [4.69, 9.17) is 4.42 Å². The van der Waals surface area contributed by atoms with Crippen molar-refractivity contribution in [1.29, 1.82) is 0 Å². The van der Waals surface area contributed by atoms with E-state index >= 15 is 0 Å². The van der Waals surface area contributed by atoms with Crippen LogP contribution in [-0.4, -0.2) is 24.3 Å². The number of hydrogen-bond acceptors (Lipinski definition) is 4. The molecule has 0 spiro atoms. The molecule has 0 radical (unpaired) electrons. The van der Waals surface area contributed by atoms with Crippen LogP contribution in [-0.2, 0) is 0 Å². The van der Waals surface area contributed by atoms with Crippen LogP contribution in [0.1, 0.15) is 12.3 Å².